The van der Waals surface area contributed by atoms with Gasteiger partial charge in [0.2, 0.25) is 0 Å². The molecule has 0 fully saturated rings. The zero-order valence-electron chi connectivity index (χ0n) is 6.79. The summed E-state index contributed by atoms with van der Waals surface area (Å²) >= 11 is 0. The molecule has 0 heterocycles. The van der Waals surface area contributed by atoms with Gasteiger partial charge < -0.3 is 9.47 Å². The van der Waals surface area contributed by atoms with Crippen LogP contribution in [0.15, 0.2) is 0 Å². The van der Waals surface area contributed by atoms with Crippen LogP contribution in [0.2, 0.25) is 0 Å². The minimum Gasteiger partial charge on any atom is -0.464 e. The average molecular weight is 156 g/mol. The van der Waals surface area contributed by atoms with Gasteiger partial charge >= 0.3 is 5.97 Å². The Labute approximate surface area is 66.7 Å². The van der Waals surface area contributed by atoms with Crippen molar-refractivity contribution in [1.29, 1.82) is 0 Å². The quantitative estimate of drug-likeness (QED) is 0.441. The third kappa shape index (κ3) is 3.64. The lowest BCUT2D eigenvalue weighted by Crippen LogP contribution is -2.24. The fraction of sp³-hybridized carbons (Fsp3) is 0.625. The number of carbonyl (C=O) groups excluding carboxylic acids is 1. The molecule has 0 rings (SSSR count). The lowest BCUT2D eigenvalue weighted by Gasteiger charge is -2.09. The molecule has 0 unspecified atom stereocenters. The first kappa shape index (κ1) is 9.99. The summed E-state index contributed by atoms with van der Waals surface area (Å²) in [7, 11) is 1.43. The normalized spacial score (nSPS) is 11.7. The van der Waals surface area contributed by atoms with Crippen molar-refractivity contribution in [3.8, 4) is 12.3 Å². The van der Waals surface area contributed by atoms with E-state index in [9.17, 15) is 4.79 Å². The molecule has 0 bridgehead atoms. The molecule has 3 heteroatoms. The summed E-state index contributed by atoms with van der Waals surface area (Å²) < 4.78 is 9.48. The molecule has 0 saturated carbocycles. The summed E-state index contributed by atoms with van der Waals surface area (Å²) in [6.07, 6.45) is 4.65. The fourth-order valence-corrected chi connectivity index (χ4v) is 0.605. The van der Waals surface area contributed by atoms with Crippen LogP contribution in [0.25, 0.3) is 0 Å². The van der Waals surface area contributed by atoms with Crippen molar-refractivity contribution in [2.24, 2.45) is 0 Å². The van der Waals surface area contributed by atoms with E-state index in [0.29, 0.717) is 6.61 Å². The van der Waals surface area contributed by atoms with Crippen LogP contribution >= 0.6 is 0 Å². The highest BCUT2D eigenvalue weighted by molar-refractivity contribution is 5.75. The van der Waals surface area contributed by atoms with Gasteiger partial charge in [-0.3, -0.25) is 0 Å². The number of terminal acetylenes is 1. The van der Waals surface area contributed by atoms with Crippen LogP contribution in [0.3, 0.4) is 0 Å². The first-order valence-electron chi connectivity index (χ1n) is 3.39. The van der Waals surface area contributed by atoms with Crippen LogP contribution in [-0.2, 0) is 14.3 Å². The summed E-state index contributed by atoms with van der Waals surface area (Å²) in [5, 5.41) is 0. The second kappa shape index (κ2) is 5.75. The van der Waals surface area contributed by atoms with Gasteiger partial charge in [0, 0.05) is 13.5 Å². The maximum Gasteiger partial charge on any atom is 0.336 e. The van der Waals surface area contributed by atoms with Gasteiger partial charge in [-0.2, -0.15) is 0 Å². The fourth-order valence-electron chi connectivity index (χ4n) is 0.605. The number of ether oxygens (including phenoxy) is 2. The Kier molecular flexibility index (Phi) is 5.22. The summed E-state index contributed by atoms with van der Waals surface area (Å²) in [6.45, 7) is 2.09. The van der Waals surface area contributed by atoms with E-state index in [4.69, 9.17) is 11.2 Å². The van der Waals surface area contributed by atoms with Crippen molar-refractivity contribution in [3.05, 3.63) is 0 Å². The number of rotatable bonds is 4. The molecule has 1 atom stereocenters. The highest BCUT2D eigenvalue weighted by Gasteiger charge is 2.16. The number of hydrogen-bond donors (Lipinski definition) is 0. The molecular formula is C8H12O3. The number of methoxy groups -OCH3 is 1. The predicted molar refractivity (Wildman–Crippen MR) is 40.9 cm³/mol. The summed E-state index contributed by atoms with van der Waals surface area (Å²) in [6, 6.07) is 0. The zero-order valence-corrected chi connectivity index (χ0v) is 6.79. The average Bonchev–Trinajstić information content (AvgIpc) is 2.00. The SMILES string of the molecule is C#CC[C@H](OC)C(=O)OCC. The third-order valence-corrected chi connectivity index (χ3v) is 1.14. The minimum absolute atomic E-state index is 0.259. The van der Waals surface area contributed by atoms with E-state index < -0.39 is 12.1 Å². The Morgan fingerprint density at radius 3 is 2.73 bits per heavy atom. The molecule has 3 nitrogen and oxygen atoms in total. The molecule has 0 radical (unpaired) electrons. The van der Waals surface area contributed by atoms with Gasteiger partial charge in [0.25, 0.3) is 0 Å². The van der Waals surface area contributed by atoms with Gasteiger partial charge in [-0.15, -0.1) is 12.3 Å². The van der Waals surface area contributed by atoms with Crippen LogP contribution < -0.4 is 0 Å². The third-order valence-electron chi connectivity index (χ3n) is 1.14. The largest absolute Gasteiger partial charge is 0.464 e. The maximum absolute atomic E-state index is 10.9. The van der Waals surface area contributed by atoms with E-state index >= 15 is 0 Å². The second-order valence-corrected chi connectivity index (χ2v) is 1.88. The molecule has 62 valence electrons. The summed E-state index contributed by atoms with van der Waals surface area (Å²) in [4.78, 5) is 10.9. The lowest BCUT2D eigenvalue weighted by molar-refractivity contribution is -0.154. The van der Waals surface area contributed by atoms with Crippen molar-refractivity contribution < 1.29 is 14.3 Å². The summed E-state index contributed by atoms with van der Waals surface area (Å²) in [5.41, 5.74) is 0. The van der Waals surface area contributed by atoms with Gasteiger partial charge in [0.15, 0.2) is 6.10 Å². The van der Waals surface area contributed by atoms with Gasteiger partial charge in [0.05, 0.1) is 6.61 Å². The maximum atomic E-state index is 10.9. The van der Waals surface area contributed by atoms with Crippen molar-refractivity contribution >= 4 is 5.97 Å². The standard InChI is InChI=1S/C8H12O3/c1-4-6-7(10-3)8(9)11-5-2/h1,7H,5-6H2,2-3H3/t7-/m0/s1. The van der Waals surface area contributed by atoms with Crippen LogP contribution in [-0.4, -0.2) is 25.8 Å². The van der Waals surface area contributed by atoms with Crippen molar-refractivity contribution in [2.45, 2.75) is 19.4 Å². The minimum atomic E-state index is -0.611. The molecule has 0 aromatic heterocycles. The Bertz CT molecular complexity index is 157. The Morgan fingerprint density at radius 1 is 1.73 bits per heavy atom. The molecule has 0 aliphatic rings. The van der Waals surface area contributed by atoms with Crippen molar-refractivity contribution in [3.63, 3.8) is 0 Å². The first-order valence-corrected chi connectivity index (χ1v) is 3.39. The molecule has 0 spiro atoms. The van der Waals surface area contributed by atoms with Gasteiger partial charge in [-0.25, -0.2) is 4.79 Å². The van der Waals surface area contributed by atoms with Crippen LogP contribution in [0, 0.1) is 12.3 Å². The van der Waals surface area contributed by atoms with Crippen LogP contribution in [0.1, 0.15) is 13.3 Å². The smallest absolute Gasteiger partial charge is 0.336 e. The first-order chi connectivity index (χ1) is 5.26. The Balaban J connectivity index is 3.83. The number of esters is 1. The van der Waals surface area contributed by atoms with E-state index in [0.717, 1.165) is 0 Å². The molecule has 0 N–H and O–H groups in total. The monoisotopic (exact) mass is 156 g/mol. The molecule has 0 aliphatic heterocycles. The van der Waals surface area contributed by atoms with E-state index in [1.165, 1.54) is 7.11 Å². The van der Waals surface area contributed by atoms with Crippen LogP contribution in [0.4, 0.5) is 0 Å². The summed E-state index contributed by atoms with van der Waals surface area (Å²) in [5.74, 6) is 1.94. The molecule has 0 aromatic carbocycles. The Hall–Kier alpha value is -1.01. The van der Waals surface area contributed by atoms with E-state index in [1.807, 2.05) is 0 Å². The van der Waals surface area contributed by atoms with Crippen molar-refractivity contribution in [1.82, 2.24) is 0 Å². The molecule has 0 aliphatic carbocycles. The van der Waals surface area contributed by atoms with Gasteiger partial charge in [0.1, 0.15) is 0 Å². The topological polar surface area (TPSA) is 35.5 Å². The van der Waals surface area contributed by atoms with E-state index in [1.54, 1.807) is 6.92 Å². The molecule has 0 saturated heterocycles. The zero-order chi connectivity index (χ0) is 8.69. The van der Waals surface area contributed by atoms with E-state index in [2.05, 4.69) is 10.7 Å². The number of carbonyl (C=O) groups is 1. The van der Waals surface area contributed by atoms with Crippen molar-refractivity contribution in [2.75, 3.05) is 13.7 Å². The predicted octanol–water partition coefficient (Wildman–Crippen LogP) is 0.588. The molecule has 0 amide bonds. The highest BCUT2D eigenvalue weighted by atomic mass is 16.6. The lowest BCUT2D eigenvalue weighted by atomic mass is 10.3. The van der Waals surface area contributed by atoms with Crippen LogP contribution in [0.5, 0.6) is 0 Å². The van der Waals surface area contributed by atoms with Gasteiger partial charge in [-0.1, -0.05) is 0 Å². The molecule has 11 heavy (non-hydrogen) atoms. The highest BCUT2D eigenvalue weighted by Crippen LogP contribution is 1.98. The Morgan fingerprint density at radius 2 is 2.36 bits per heavy atom. The van der Waals surface area contributed by atoms with E-state index in [-0.39, 0.29) is 6.42 Å². The van der Waals surface area contributed by atoms with Gasteiger partial charge in [-0.05, 0) is 6.92 Å². The molecular weight excluding hydrogens is 144 g/mol. The second-order valence-electron chi connectivity index (χ2n) is 1.88. The molecule has 0 aromatic rings. The number of hydrogen-bond acceptors (Lipinski definition) is 3.